The summed E-state index contributed by atoms with van der Waals surface area (Å²) in [7, 11) is 3.57. The molecule has 0 spiro atoms. The number of hydrogen-bond donors (Lipinski definition) is 1. The highest BCUT2D eigenvalue weighted by Crippen LogP contribution is 2.13. The number of nitrogens with one attached hydrogen (secondary N) is 1. The predicted octanol–water partition coefficient (Wildman–Crippen LogP) is 2.43. The summed E-state index contributed by atoms with van der Waals surface area (Å²) in [5.41, 5.74) is 2.24. The van der Waals surface area contributed by atoms with Gasteiger partial charge in [-0.25, -0.2) is 0 Å². The van der Waals surface area contributed by atoms with Crippen LogP contribution in [0.4, 0.5) is 0 Å². The van der Waals surface area contributed by atoms with E-state index in [0.717, 1.165) is 30.2 Å². The van der Waals surface area contributed by atoms with Crippen LogP contribution in [0.3, 0.4) is 0 Å². The Kier molecular flexibility index (Phi) is 5.38. The Balaban J connectivity index is 1.79. The molecule has 1 heterocycles. The maximum Gasteiger partial charge on any atom is 0.137 e. The van der Waals surface area contributed by atoms with Crippen LogP contribution < -0.4 is 14.8 Å². The Morgan fingerprint density at radius 3 is 2.40 bits per heavy atom. The minimum Gasteiger partial charge on any atom is -0.497 e. The van der Waals surface area contributed by atoms with E-state index in [2.05, 4.69) is 22.4 Å². The minimum atomic E-state index is 0.638. The monoisotopic (exact) mass is 272 g/mol. The minimum absolute atomic E-state index is 0.638. The molecule has 4 heteroatoms. The standard InChI is InChI=1S/C16H20N2O2/c1-17-11-14-5-8-16(12-18-14)20-10-9-13-3-6-15(19-2)7-4-13/h3-8,12,17H,9-11H2,1-2H3. The van der Waals surface area contributed by atoms with E-state index in [1.54, 1.807) is 13.3 Å². The first-order chi connectivity index (χ1) is 9.81. The van der Waals surface area contributed by atoms with Crippen LogP contribution in [-0.4, -0.2) is 25.7 Å². The second-order valence-corrected chi connectivity index (χ2v) is 4.46. The molecule has 0 saturated heterocycles. The van der Waals surface area contributed by atoms with Crippen LogP contribution >= 0.6 is 0 Å². The molecule has 106 valence electrons. The molecular weight excluding hydrogens is 252 g/mol. The number of pyridine rings is 1. The van der Waals surface area contributed by atoms with Gasteiger partial charge in [0.15, 0.2) is 0 Å². The van der Waals surface area contributed by atoms with Gasteiger partial charge < -0.3 is 14.8 Å². The van der Waals surface area contributed by atoms with Gasteiger partial charge in [0.05, 0.1) is 25.6 Å². The predicted molar refractivity (Wildman–Crippen MR) is 79.2 cm³/mol. The highest BCUT2D eigenvalue weighted by atomic mass is 16.5. The third kappa shape index (κ3) is 4.24. The van der Waals surface area contributed by atoms with E-state index in [4.69, 9.17) is 9.47 Å². The normalized spacial score (nSPS) is 10.3. The number of hydrogen-bond acceptors (Lipinski definition) is 4. The van der Waals surface area contributed by atoms with Crippen LogP contribution in [0.15, 0.2) is 42.6 Å². The van der Waals surface area contributed by atoms with Crippen LogP contribution in [0.5, 0.6) is 11.5 Å². The van der Waals surface area contributed by atoms with Gasteiger partial charge in [-0.15, -0.1) is 0 Å². The first kappa shape index (κ1) is 14.3. The molecule has 0 atom stereocenters. The summed E-state index contributed by atoms with van der Waals surface area (Å²) in [4.78, 5) is 4.31. The third-order valence-corrected chi connectivity index (χ3v) is 2.97. The van der Waals surface area contributed by atoms with Crippen molar-refractivity contribution in [1.82, 2.24) is 10.3 Å². The van der Waals surface area contributed by atoms with Gasteiger partial charge in [-0.2, -0.15) is 0 Å². The van der Waals surface area contributed by atoms with Crippen molar-refractivity contribution in [2.45, 2.75) is 13.0 Å². The fraction of sp³-hybridized carbons (Fsp3) is 0.312. The highest BCUT2D eigenvalue weighted by Gasteiger charge is 1.98. The average Bonchev–Trinajstić information content (AvgIpc) is 2.50. The SMILES string of the molecule is CNCc1ccc(OCCc2ccc(OC)cc2)cn1. The van der Waals surface area contributed by atoms with Crippen LogP contribution in [0.2, 0.25) is 0 Å². The second-order valence-electron chi connectivity index (χ2n) is 4.46. The lowest BCUT2D eigenvalue weighted by Gasteiger charge is -2.07. The summed E-state index contributed by atoms with van der Waals surface area (Å²) in [6, 6.07) is 12.0. The van der Waals surface area contributed by atoms with E-state index >= 15 is 0 Å². The fourth-order valence-electron chi connectivity index (χ4n) is 1.86. The van der Waals surface area contributed by atoms with Crippen LogP contribution in [0.25, 0.3) is 0 Å². The molecule has 0 aliphatic rings. The van der Waals surface area contributed by atoms with E-state index in [-0.39, 0.29) is 0 Å². The molecule has 0 amide bonds. The summed E-state index contributed by atoms with van der Waals surface area (Å²) in [6.07, 6.45) is 2.63. The van der Waals surface area contributed by atoms with E-state index < -0.39 is 0 Å². The molecule has 0 aliphatic carbocycles. The largest absolute Gasteiger partial charge is 0.497 e. The molecule has 4 nitrogen and oxygen atoms in total. The molecule has 1 aromatic carbocycles. The number of ether oxygens (including phenoxy) is 2. The van der Waals surface area contributed by atoms with Crippen LogP contribution in [0.1, 0.15) is 11.3 Å². The molecule has 20 heavy (non-hydrogen) atoms. The van der Waals surface area contributed by atoms with Gasteiger partial charge in [0.25, 0.3) is 0 Å². The lowest BCUT2D eigenvalue weighted by atomic mass is 10.1. The van der Waals surface area contributed by atoms with E-state index in [1.807, 2.05) is 31.3 Å². The zero-order valence-corrected chi connectivity index (χ0v) is 11.9. The number of methoxy groups -OCH3 is 1. The number of aromatic nitrogens is 1. The van der Waals surface area contributed by atoms with Crippen molar-refractivity contribution in [1.29, 1.82) is 0 Å². The van der Waals surface area contributed by atoms with E-state index in [1.165, 1.54) is 5.56 Å². The van der Waals surface area contributed by atoms with Crippen molar-refractivity contribution in [3.05, 3.63) is 53.9 Å². The molecule has 2 aromatic rings. The maximum atomic E-state index is 5.69. The van der Waals surface area contributed by atoms with Crippen molar-refractivity contribution in [2.24, 2.45) is 0 Å². The molecule has 0 saturated carbocycles. The van der Waals surface area contributed by atoms with E-state index in [9.17, 15) is 0 Å². The maximum absolute atomic E-state index is 5.69. The van der Waals surface area contributed by atoms with Crippen molar-refractivity contribution in [3.8, 4) is 11.5 Å². The molecule has 0 bridgehead atoms. The summed E-state index contributed by atoms with van der Waals surface area (Å²) in [5, 5.41) is 3.06. The molecule has 0 unspecified atom stereocenters. The van der Waals surface area contributed by atoms with E-state index in [0.29, 0.717) is 6.61 Å². The van der Waals surface area contributed by atoms with Crippen molar-refractivity contribution in [3.63, 3.8) is 0 Å². The smallest absolute Gasteiger partial charge is 0.137 e. The summed E-state index contributed by atoms with van der Waals surface area (Å²) < 4.78 is 10.8. The number of nitrogens with zero attached hydrogens (tertiary/aromatic N) is 1. The number of benzene rings is 1. The van der Waals surface area contributed by atoms with Gasteiger partial charge in [0.2, 0.25) is 0 Å². The topological polar surface area (TPSA) is 43.4 Å². The van der Waals surface area contributed by atoms with Gasteiger partial charge >= 0.3 is 0 Å². The summed E-state index contributed by atoms with van der Waals surface area (Å²) in [5.74, 6) is 1.68. The molecule has 1 aromatic heterocycles. The van der Waals surface area contributed by atoms with Gasteiger partial charge in [0, 0.05) is 13.0 Å². The Hall–Kier alpha value is -2.07. The molecular formula is C16H20N2O2. The van der Waals surface area contributed by atoms with Gasteiger partial charge in [-0.05, 0) is 36.9 Å². The van der Waals surface area contributed by atoms with Crippen molar-refractivity contribution < 1.29 is 9.47 Å². The lowest BCUT2D eigenvalue weighted by molar-refractivity contribution is 0.320. The highest BCUT2D eigenvalue weighted by molar-refractivity contribution is 5.27. The Bertz CT molecular complexity index is 509. The van der Waals surface area contributed by atoms with Gasteiger partial charge in [-0.1, -0.05) is 12.1 Å². The average molecular weight is 272 g/mol. The van der Waals surface area contributed by atoms with Gasteiger partial charge in [0.1, 0.15) is 11.5 Å². The fourth-order valence-corrected chi connectivity index (χ4v) is 1.86. The first-order valence-electron chi connectivity index (χ1n) is 6.67. The zero-order chi connectivity index (χ0) is 14.2. The number of rotatable bonds is 7. The quantitative estimate of drug-likeness (QED) is 0.840. The van der Waals surface area contributed by atoms with Gasteiger partial charge in [-0.3, -0.25) is 4.98 Å². The molecule has 1 N–H and O–H groups in total. The third-order valence-electron chi connectivity index (χ3n) is 2.97. The van der Waals surface area contributed by atoms with Crippen molar-refractivity contribution >= 4 is 0 Å². The van der Waals surface area contributed by atoms with Crippen LogP contribution in [0, 0.1) is 0 Å². The summed E-state index contributed by atoms with van der Waals surface area (Å²) in [6.45, 7) is 1.41. The summed E-state index contributed by atoms with van der Waals surface area (Å²) >= 11 is 0. The lowest BCUT2D eigenvalue weighted by Crippen LogP contribution is -2.07. The Morgan fingerprint density at radius 2 is 1.80 bits per heavy atom. The molecule has 2 rings (SSSR count). The second kappa shape index (κ2) is 7.50. The zero-order valence-electron chi connectivity index (χ0n) is 11.9. The molecule has 0 radical (unpaired) electrons. The Morgan fingerprint density at radius 1 is 1.05 bits per heavy atom. The van der Waals surface area contributed by atoms with Crippen LogP contribution in [-0.2, 0) is 13.0 Å². The first-order valence-corrected chi connectivity index (χ1v) is 6.67. The molecule has 0 aliphatic heterocycles. The molecule has 0 fully saturated rings. The Labute approximate surface area is 119 Å². The van der Waals surface area contributed by atoms with Crippen molar-refractivity contribution in [2.75, 3.05) is 20.8 Å².